The number of hydrogen-bond donors (Lipinski definition) is 2. The number of rotatable bonds is 4. The lowest BCUT2D eigenvalue weighted by atomic mass is 9.48. The Labute approximate surface area is 183 Å². The summed E-state index contributed by atoms with van der Waals surface area (Å²) in [5.74, 6) is 0.931. The van der Waals surface area contributed by atoms with E-state index in [1.54, 1.807) is 0 Å². The average molecular weight is 437 g/mol. The number of aromatic amines is 1. The van der Waals surface area contributed by atoms with Gasteiger partial charge in [0.15, 0.2) is 0 Å². The van der Waals surface area contributed by atoms with Gasteiger partial charge in [0.05, 0.1) is 16.4 Å². The lowest BCUT2D eigenvalue weighted by Crippen LogP contribution is -2.58. The maximum atomic E-state index is 13.1. The van der Waals surface area contributed by atoms with Gasteiger partial charge in [-0.05, 0) is 55.9 Å². The predicted octanol–water partition coefficient (Wildman–Crippen LogP) is 4.03. The maximum Gasteiger partial charge on any atom is 0.312 e. The zero-order chi connectivity index (χ0) is 21.2. The Morgan fingerprint density at radius 2 is 1.94 bits per heavy atom. The molecule has 4 bridgehead atoms. The molecule has 31 heavy (non-hydrogen) atoms. The highest BCUT2D eigenvalue weighted by Gasteiger charge is 2.60. The molecule has 160 valence electrons. The van der Waals surface area contributed by atoms with E-state index in [2.05, 4.69) is 9.97 Å². The minimum Gasteiger partial charge on any atom is -0.457 e. The van der Waals surface area contributed by atoms with Crippen LogP contribution in [0.2, 0.25) is 0 Å². The Morgan fingerprint density at radius 3 is 2.65 bits per heavy atom. The van der Waals surface area contributed by atoms with Crippen LogP contribution in [0.25, 0.3) is 21.3 Å². The summed E-state index contributed by atoms with van der Waals surface area (Å²) in [5.41, 5.74) is 0.325. The van der Waals surface area contributed by atoms with Gasteiger partial charge < -0.3 is 14.8 Å². The molecule has 2 atom stereocenters. The zero-order valence-corrected chi connectivity index (χ0v) is 17.9. The van der Waals surface area contributed by atoms with Crippen molar-refractivity contribution in [2.75, 3.05) is 0 Å². The van der Waals surface area contributed by atoms with Gasteiger partial charge in [-0.2, -0.15) is 0 Å². The van der Waals surface area contributed by atoms with Crippen LogP contribution in [0.3, 0.4) is 0 Å². The standard InChI is InChI=1S/C24H24N2O4S/c27-20-19-17(16-4-2-1-3-5-16)12-31-21(19)26-18(25-20)11-30-22(28)23-7-14-6-15(8-23)10-24(29,9-14)13-23/h1-5,12,14-15,29H,6-11,13H2,(H,25,26,27)/t14-,15-,23?,24?/m1/s1. The third kappa shape index (κ3) is 3.13. The Kier molecular flexibility index (Phi) is 4.17. The van der Waals surface area contributed by atoms with E-state index in [9.17, 15) is 14.7 Å². The molecule has 7 rings (SSSR count). The van der Waals surface area contributed by atoms with Gasteiger partial charge in [-0.25, -0.2) is 4.98 Å². The van der Waals surface area contributed by atoms with Crippen LogP contribution in [0, 0.1) is 17.3 Å². The topological polar surface area (TPSA) is 92.3 Å². The minimum absolute atomic E-state index is 0.0574. The number of carbonyl (C=O) groups is 1. The molecule has 4 saturated carbocycles. The highest BCUT2D eigenvalue weighted by atomic mass is 32.1. The zero-order valence-electron chi connectivity index (χ0n) is 17.1. The molecule has 0 saturated heterocycles. The van der Waals surface area contributed by atoms with Crippen molar-refractivity contribution in [2.24, 2.45) is 17.3 Å². The van der Waals surface area contributed by atoms with Gasteiger partial charge in [0.2, 0.25) is 0 Å². The molecule has 2 aromatic heterocycles. The van der Waals surface area contributed by atoms with Crippen LogP contribution in [-0.2, 0) is 16.1 Å². The number of ether oxygens (including phenoxy) is 1. The smallest absolute Gasteiger partial charge is 0.312 e. The van der Waals surface area contributed by atoms with Crippen LogP contribution in [0.15, 0.2) is 40.5 Å². The van der Waals surface area contributed by atoms with E-state index in [-0.39, 0.29) is 18.1 Å². The van der Waals surface area contributed by atoms with Crippen molar-refractivity contribution in [3.8, 4) is 11.1 Å². The SMILES string of the molecule is O=C(OCc1nc2scc(-c3ccccc3)c2c(=O)[nH]1)C12C[C@H]3C[C@@H](CC(O)(C3)C1)C2. The summed E-state index contributed by atoms with van der Waals surface area (Å²) >= 11 is 1.41. The van der Waals surface area contributed by atoms with Gasteiger partial charge in [0.1, 0.15) is 17.3 Å². The molecule has 7 heteroatoms. The second-order valence-corrected chi connectivity index (χ2v) is 10.6. The lowest BCUT2D eigenvalue weighted by Gasteiger charge is -2.58. The number of benzene rings is 1. The molecule has 0 amide bonds. The van der Waals surface area contributed by atoms with E-state index in [0.717, 1.165) is 43.2 Å². The summed E-state index contributed by atoms with van der Waals surface area (Å²) in [5, 5.41) is 13.4. The van der Waals surface area contributed by atoms with E-state index < -0.39 is 11.0 Å². The number of fused-ring (bicyclic) bond motifs is 1. The Bertz CT molecular complexity index is 1220. The highest BCUT2D eigenvalue weighted by molar-refractivity contribution is 7.17. The molecule has 0 radical (unpaired) electrons. The first-order chi connectivity index (χ1) is 14.9. The molecule has 0 spiro atoms. The summed E-state index contributed by atoms with van der Waals surface area (Å²) in [6, 6.07) is 9.76. The number of nitrogens with one attached hydrogen (secondary N) is 1. The maximum absolute atomic E-state index is 13.1. The fraction of sp³-hybridized carbons (Fsp3) is 0.458. The van der Waals surface area contributed by atoms with Gasteiger partial charge >= 0.3 is 5.97 Å². The summed E-state index contributed by atoms with van der Waals surface area (Å²) in [7, 11) is 0. The van der Waals surface area contributed by atoms with Gasteiger partial charge in [-0.1, -0.05) is 30.3 Å². The monoisotopic (exact) mass is 436 g/mol. The molecule has 4 aliphatic rings. The number of aromatic nitrogens is 2. The van der Waals surface area contributed by atoms with Crippen molar-refractivity contribution in [1.82, 2.24) is 9.97 Å². The van der Waals surface area contributed by atoms with Crippen LogP contribution >= 0.6 is 11.3 Å². The summed E-state index contributed by atoms with van der Waals surface area (Å²) in [6.45, 7) is -0.0574. The van der Waals surface area contributed by atoms with E-state index in [1.165, 1.54) is 11.3 Å². The van der Waals surface area contributed by atoms with Crippen molar-refractivity contribution in [1.29, 1.82) is 0 Å². The van der Waals surface area contributed by atoms with Crippen LogP contribution in [0.4, 0.5) is 0 Å². The lowest BCUT2D eigenvalue weighted by molar-refractivity contribution is -0.197. The molecule has 2 heterocycles. The van der Waals surface area contributed by atoms with Crippen molar-refractivity contribution < 1.29 is 14.6 Å². The van der Waals surface area contributed by atoms with Crippen LogP contribution in [0.1, 0.15) is 44.3 Å². The molecule has 2 N–H and O–H groups in total. The largest absolute Gasteiger partial charge is 0.457 e. The third-order valence-electron chi connectivity index (χ3n) is 7.38. The number of carbonyl (C=O) groups excluding carboxylic acids is 1. The number of aliphatic hydroxyl groups is 1. The van der Waals surface area contributed by atoms with Crippen molar-refractivity contribution in [3.05, 3.63) is 51.9 Å². The molecule has 4 aliphatic carbocycles. The number of thiophene rings is 1. The number of esters is 1. The van der Waals surface area contributed by atoms with E-state index in [4.69, 9.17) is 4.74 Å². The van der Waals surface area contributed by atoms with Crippen LogP contribution < -0.4 is 5.56 Å². The first-order valence-corrected chi connectivity index (χ1v) is 11.8. The third-order valence-corrected chi connectivity index (χ3v) is 8.25. The Balaban J connectivity index is 1.24. The van der Waals surface area contributed by atoms with Crippen molar-refractivity contribution >= 4 is 27.5 Å². The fourth-order valence-electron chi connectivity index (χ4n) is 6.63. The van der Waals surface area contributed by atoms with Crippen molar-refractivity contribution in [2.45, 2.75) is 50.7 Å². The number of H-pyrrole nitrogens is 1. The molecule has 0 unspecified atom stereocenters. The molecule has 1 aromatic carbocycles. The molecule has 4 fully saturated rings. The number of nitrogens with zero attached hydrogens (tertiary/aromatic N) is 1. The first kappa shape index (κ1) is 19.2. The van der Waals surface area contributed by atoms with Crippen LogP contribution in [0.5, 0.6) is 0 Å². The van der Waals surface area contributed by atoms with Crippen molar-refractivity contribution in [3.63, 3.8) is 0 Å². The second kappa shape index (κ2) is 6.74. The Hall–Kier alpha value is -2.51. The molecule has 3 aromatic rings. The molecule has 6 nitrogen and oxygen atoms in total. The fourth-order valence-corrected chi connectivity index (χ4v) is 7.60. The van der Waals surface area contributed by atoms with E-state index in [0.29, 0.717) is 34.3 Å². The molecular weight excluding hydrogens is 412 g/mol. The summed E-state index contributed by atoms with van der Waals surface area (Å²) in [6.07, 6.45) is 4.85. The van der Waals surface area contributed by atoms with Gasteiger partial charge in [0.25, 0.3) is 5.56 Å². The summed E-state index contributed by atoms with van der Waals surface area (Å²) < 4.78 is 5.68. The van der Waals surface area contributed by atoms with E-state index in [1.807, 2.05) is 35.7 Å². The van der Waals surface area contributed by atoms with Crippen LogP contribution in [-0.4, -0.2) is 26.6 Å². The molecular formula is C24H24N2O4S. The van der Waals surface area contributed by atoms with Gasteiger partial charge in [-0.15, -0.1) is 11.3 Å². The first-order valence-electron chi connectivity index (χ1n) is 10.9. The average Bonchev–Trinajstić information content (AvgIpc) is 3.15. The van der Waals surface area contributed by atoms with Gasteiger partial charge in [-0.3, -0.25) is 9.59 Å². The quantitative estimate of drug-likeness (QED) is 0.603. The predicted molar refractivity (Wildman–Crippen MR) is 118 cm³/mol. The number of hydrogen-bond acceptors (Lipinski definition) is 6. The highest BCUT2D eigenvalue weighted by Crippen LogP contribution is 2.62. The molecule has 0 aliphatic heterocycles. The van der Waals surface area contributed by atoms with E-state index >= 15 is 0 Å². The van der Waals surface area contributed by atoms with Gasteiger partial charge in [0, 0.05) is 10.9 Å². The summed E-state index contributed by atoms with van der Waals surface area (Å²) in [4.78, 5) is 33.9. The minimum atomic E-state index is -0.709. The second-order valence-electron chi connectivity index (χ2n) is 9.75. The normalized spacial score (nSPS) is 31.3. The Morgan fingerprint density at radius 1 is 1.19 bits per heavy atom.